The molecule has 2 fully saturated rings. The Hall–Kier alpha value is -3.96. The number of aromatic hydroxyl groups is 2. The maximum absolute atomic E-state index is 13.7. The molecule has 0 aliphatic carbocycles. The number of aliphatic hydroxyl groups is 5. The molecular weight excluding hydrogens is 576 g/mol. The maximum atomic E-state index is 13.7. The molecule has 0 bridgehead atoms. The van der Waals surface area contributed by atoms with Crippen LogP contribution >= 0.6 is 0 Å². The van der Waals surface area contributed by atoms with Crippen molar-refractivity contribution in [2.45, 2.75) is 69.2 Å². The van der Waals surface area contributed by atoms with Gasteiger partial charge in [-0.3, -0.25) is 9.59 Å². The van der Waals surface area contributed by atoms with Gasteiger partial charge in [0, 0.05) is 24.6 Å². The highest BCUT2D eigenvalue weighted by Crippen LogP contribution is 2.38. The second-order valence-corrected chi connectivity index (χ2v) is 10.2. The van der Waals surface area contributed by atoms with Crippen molar-refractivity contribution in [1.82, 2.24) is 0 Å². The van der Waals surface area contributed by atoms with E-state index in [2.05, 4.69) is 0 Å². The number of rotatable bonds is 7. The fourth-order valence-corrected chi connectivity index (χ4v) is 4.75. The Labute approximate surface area is 242 Å². The smallest absolute Gasteiger partial charge is 0.302 e. The van der Waals surface area contributed by atoms with Gasteiger partial charge in [-0.2, -0.15) is 0 Å². The van der Waals surface area contributed by atoms with Gasteiger partial charge in [-0.15, -0.1) is 0 Å². The van der Waals surface area contributed by atoms with Gasteiger partial charge in [0.2, 0.25) is 23.8 Å². The molecular formula is C28H30O15. The Morgan fingerprint density at radius 3 is 2.19 bits per heavy atom. The normalized spacial score (nSPS) is 30.7. The Morgan fingerprint density at radius 1 is 0.860 bits per heavy atom. The molecule has 232 valence electrons. The van der Waals surface area contributed by atoms with E-state index in [1.165, 1.54) is 37.3 Å². The van der Waals surface area contributed by atoms with E-state index in [-0.39, 0.29) is 33.8 Å². The Balaban J connectivity index is 1.54. The Morgan fingerprint density at radius 2 is 1.51 bits per heavy atom. The van der Waals surface area contributed by atoms with Crippen molar-refractivity contribution in [2.24, 2.45) is 0 Å². The zero-order valence-corrected chi connectivity index (χ0v) is 22.8. The molecule has 0 saturated carbocycles. The van der Waals surface area contributed by atoms with Crippen LogP contribution in [0.25, 0.3) is 22.3 Å². The summed E-state index contributed by atoms with van der Waals surface area (Å²) in [6.07, 6.45) is -13.0. The molecule has 2 aliphatic heterocycles. The molecule has 7 N–H and O–H groups in total. The molecule has 2 aromatic carbocycles. The van der Waals surface area contributed by atoms with Gasteiger partial charge in [-0.25, -0.2) is 0 Å². The SMILES string of the molecule is CC(=O)OCC1OC(Oc2c(-c3ccc(O)cc3)oc3cc(OC4OC(C)C(O)C(O)C4O)cc(O)c3c2=O)C(O)C1O. The Kier molecular flexibility index (Phi) is 8.49. The monoisotopic (exact) mass is 606 g/mol. The van der Waals surface area contributed by atoms with Crippen molar-refractivity contribution in [3.8, 4) is 34.3 Å². The fraction of sp³-hybridized carbons (Fsp3) is 0.429. The number of aliphatic hydroxyl groups excluding tert-OH is 5. The minimum atomic E-state index is -1.68. The molecule has 1 aromatic heterocycles. The van der Waals surface area contributed by atoms with Crippen LogP contribution in [0.5, 0.6) is 23.0 Å². The third-order valence-corrected chi connectivity index (χ3v) is 7.10. The van der Waals surface area contributed by atoms with Crippen molar-refractivity contribution in [3.05, 3.63) is 46.6 Å². The van der Waals surface area contributed by atoms with Gasteiger partial charge in [-0.05, 0) is 31.2 Å². The third-order valence-electron chi connectivity index (χ3n) is 7.10. The number of benzene rings is 2. The van der Waals surface area contributed by atoms with Gasteiger partial charge >= 0.3 is 5.97 Å². The number of ether oxygens (including phenoxy) is 5. The van der Waals surface area contributed by atoms with Crippen LogP contribution < -0.4 is 14.9 Å². The van der Waals surface area contributed by atoms with Crippen molar-refractivity contribution >= 4 is 16.9 Å². The number of carbonyl (C=O) groups excluding carboxylic acids is 1. The standard InChI is InChI=1S/C28H30O15/c1-10-19(32)22(35)24(37)27(39-10)40-14-7-15(31)18-16(8-14)41-25(12-3-5-13(30)6-4-12)26(21(18)34)43-28-23(36)20(33)17(42-28)9-38-11(2)29/h3-8,10,17,19-20,22-24,27-28,30-33,35-37H,9H2,1-2H3. The summed E-state index contributed by atoms with van der Waals surface area (Å²) in [5.41, 5.74) is -0.905. The molecule has 0 amide bonds. The first-order valence-corrected chi connectivity index (χ1v) is 13.2. The molecule has 3 heterocycles. The maximum Gasteiger partial charge on any atom is 0.302 e. The summed E-state index contributed by atoms with van der Waals surface area (Å²) >= 11 is 0. The number of phenols is 2. The fourth-order valence-electron chi connectivity index (χ4n) is 4.75. The van der Waals surface area contributed by atoms with Gasteiger partial charge in [-0.1, -0.05) is 0 Å². The van der Waals surface area contributed by atoms with Crippen LogP contribution in [-0.2, 0) is 19.0 Å². The molecule has 9 atom stereocenters. The van der Waals surface area contributed by atoms with E-state index < -0.39 is 84.8 Å². The summed E-state index contributed by atoms with van der Waals surface area (Å²) in [5, 5.41) is 71.5. The lowest BCUT2D eigenvalue weighted by atomic mass is 10.00. The predicted molar refractivity (Wildman–Crippen MR) is 142 cm³/mol. The van der Waals surface area contributed by atoms with Crippen molar-refractivity contribution < 1.29 is 68.6 Å². The number of carbonyl (C=O) groups is 1. The zero-order chi connectivity index (χ0) is 31.2. The summed E-state index contributed by atoms with van der Waals surface area (Å²) in [4.78, 5) is 24.9. The van der Waals surface area contributed by atoms with Crippen LogP contribution in [-0.4, -0.2) is 104 Å². The van der Waals surface area contributed by atoms with Gasteiger partial charge in [0.05, 0.1) is 6.10 Å². The Bertz CT molecular complexity index is 1540. The first-order chi connectivity index (χ1) is 20.3. The highest BCUT2D eigenvalue weighted by atomic mass is 16.7. The van der Waals surface area contributed by atoms with E-state index in [4.69, 9.17) is 28.1 Å². The number of hydrogen-bond donors (Lipinski definition) is 7. The predicted octanol–water partition coefficient (Wildman–Crippen LogP) is -0.534. The quantitative estimate of drug-likeness (QED) is 0.167. The molecule has 0 radical (unpaired) electrons. The summed E-state index contributed by atoms with van der Waals surface area (Å²) in [5.74, 6) is -2.26. The minimum absolute atomic E-state index is 0.0961. The summed E-state index contributed by atoms with van der Waals surface area (Å²) in [7, 11) is 0. The molecule has 9 unspecified atom stereocenters. The van der Waals surface area contributed by atoms with Crippen LogP contribution in [0.2, 0.25) is 0 Å². The van der Waals surface area contributed by atoms with Crippen LogP contribution in [0, 0.1) is 0 Å². The molecule has 2 saturated heterocycles. The lowest BCUT2D eigenvalue weighted by Gasteiger charge is -2.38. The van der Waals surface area contributed by atoms with Crippen LogP contribution in [0.3, 0.4) is 0 Å². The highest BCUT2D eigenvalue weighted by molar-refractivity contribution is 5.88. The number of fused-ring (bicyclic) bond motifs is 1. The average Bonchev–Trinajstić information content (AvgIpc) is 3.23. The zero-order valence-electron chi connectivity index (χ0n) is 22.8. The van der Waals surface area contributed by atoms with E-state index >= 15 is 0 Å². The van der Waals surface area contributed by atoms with Crippen molar-refractivity contribution in [1.29, 1.82) is 0 Å². The number of phenolic OH excluding ortho intramolecular Hbond substituents is 2. The topological polar surface area (TPSA) is 235 Å². The van der Waals surface area contributed by atoms with Crippen molar-refractivity contribution in [3.63, 3.8) is 0 Å². The van der Waals surface area contributed by atoms with Crippen LogP contribution in [0.15, 0.2) is 45.6 Å². The summed E-state index contributed by atoms with van der Waals surface area (Å²) in [6, 6.07) is 7.66. The van der Waals surface area contributed by atoms with E-state index in [9.17, 15) is 45.3 Å². The van der Waals surface area contributed by atoms with E-state index in [1.54, 1.807) is 0 Å². The molecule has 43 heavy (non-hydrogen) atoms. The van der Waals surface area contributed by atoms with Gasteiger partial charge < -0.3 is 63.8 Å². The highest BCUT2D eigenvalue weighted by Gasteiger charge is 2.46. The largest absolute Gasteiger partial charge is 0.508 e. The van der Waals surface area contributed by atoms with Crippen LogP contribution in [0.1, 0.15) is 13.8 Å². The van der Waals surface area contributed by atoms with Gasteiger partial charge in [0.25, 0.3) is 0 Å². The summed E-state index contributed by atoms with van der Waals surface area (Å²) < 4.78 is 33.1. The first kappa shape index (κ1) is 30.5. The van der Waals surface area contributed by atoms with Crippen LogP contribution in [0.4, 0.5) is 0 Å². The summed E-state index contributed by atoms with van der Waals surface area (Å²) in [6.45, 7) is 2.21. The molecule has 15 heteroatoms. The molecule has 15 nitrogen and oxygen atoms in total. The number of esters is 1. The van der Waals surface area contributed by atoms with Gasteiger partial charge in [0.1, 0.15) is 71.4 Å². The van der Waals surface area contributed by atoms with Gasteiger partial charge in [0.15, 0.2) is 5.76 Å². The third kappa shape index (κ3) is 5.96. The first-order valence-electron chi connectivity index (χ1n) is 13.2. The minimum Gasteiger partial charge on any atom is -0.508 e. The van der Waals surface area contributed by atoms with E-state index in [1.807, 2.05) is 0 Å². The molecule has 2 aliphatic rings. The second kappa shape index (κ2) is 12.0. The lowest BCUT2D eigenvalue weighted by molar-refractivity contribution is -0.268. The molecule has 3 aromatic rings. The average molecular weight is 607 g/mol. The van der Waals surface area contributed by atoms with E-state index in [0.29, 0.717) is 0 Å². The second-order valence-electron chi connectivity index (χ2n) is 10.2. The lowest BCUT2D eigenvalue weighted by Crippen LogP contribution is -2.58. The van der Waals surface area contributed by atoms with E-state index in [0.717, 1.165) is 13.0 Å². The molecule has 5 rings (SSSR count). The van der Waals surface area contributed by atoms with Crippen molar-refractivity contribution in [2.75, 3.05) is 6.61 Å². The number of hydrogen-bond acceptors (Lipinski definition) is 15. The molecule has 0 spiro atoms.